The first-order valence-electron chi connectivity index (χ1n) is 12.5. The van der Waals surface area contributed by atoms with Crippen LogP contribution in [0.2, 0.25) is 0 Å². The lowest BCUT2D eigenvalue weighted by atomic mass is 9.85. The third-order valence-electron chi connectivity index (χ3n) is 8.08. The number of carbonyl (C=O) groups is 1. The Morgan fingerprint density at radius 2 is 1.70 bits per heavy atom. The number of hydrogen-bond acceptors (Lipinski definition) is 3. The summed E-state index contributed by atoms with van der Waals surface area (Å²) in [4.78, 5) is 15.3. The van der Waals surface area contributed by atoms with Gasteiger partial charge in [-0.15, -0.1) is 0 Å². The van der Waals surface area contributed by atoms with Crippen molar-refractivity contribution >= 4 is 6.09 Å². The number of rotatable bonds is 3. The van der Waals surface area contributed by atoms with Gasteiger partial charge in [-0.2, -0.15) is 0 Å². The van der Waals surface area contributed by atoms with E-state index in [0.717, 1.165) is 38.9 Å². The van der Waals surface area contributed by atoms with Gasteiger partial charge in [0.05, 0.1) is 6.04 Å². The first-order valence-corrected chi connectivity index (χ1v) is 12.5. The quantitative estimate of drug-likeness (QED) is 0.620. The SMILES string of the molecule is CC(C)(C)c1ccc(-c2ccc3c(c2)CC(C)(C)C3NC(=O)O[C@@H]2CN3CCC2CC3)cc1. The predicted molar refractivity (Wildman–Crippen MR) is 133 cm³/mol. The van der Waals surface area contributed by atoms with Gasteiger partial charge in [-0.3, -0.25) is 4.90 Å². The molecule has 3 fully saturated rings. The van der Waals surface area contributed by atoms with Crippen LogP contribution in [0.4, 0.5) is 4.79 Å². The third-order valence-corrected chi connectivity index (χ3v) is 8.08. The summed E-state index contributed by atoms with van der Waals surface area (Å²) in [6.07, 6.45) is 3.02. The van der Waals surface area contributed by atoms with E-state index >= 15 is 0 Å². The molecule has 0 radical (unpaired) electrons. The number of alkyl carbamates (subject to hydrolysis) is 1. The molecule has 1 amide bonds. The summed E-state index contributed by atoms with van der Waals surface area (Å²) in [5.41, 5.74) is 6.47. The van der Waals surface area contributed by atoms with E-state index in [1.165, 1.54) is 27.8 Å². The number of fused-ring (bicyclic) bond motifs is 4. The van der Waals surface area contributed by atoms with Crippen molar-refractivity contribution in [3.8, 4) is 11.1 Å². The maximum atomic E-state index is 12.9. The van der Waals surface area contributed by atoms with Crippen LogP contribution < -0.4 is 5.32 Å². The minimum absolute atomic E-state index is 0.0293. The second-order valence-electron chi connectivity index (χ2n) is 12.1. The van der Waals surface area contributed by atoms with E-state index in [1.807, 2.05) is 0 Å². The van der Waals surface area contributed by atoms with Crippen LogP contribution >= 0.6 is 0 Å². The second-order valence-corrected chi connectivity index (χ2v) is 12.1. The topological polar surface area (TPSA) is 41.6 Å². The van der Waals surface area contributed by atoms with Crippen LogP contribution in [0.15, 0.2) is 42.5 Å². The molecule has 1 N–H and O–H groups in total. The zero-order valence-electron chi connectivity index (χ0n) is 20.8. The van der Waals surface area contributed by atoms with Crippen LogP contribution in [0.1, 0.15) is 70.2 Å². The molecule has 3 heterocycles. The third kappa shape index (κ3) is 4.42. The molecule has 4 heteroatoms. The van der Waals surface area contributed by atoms with Crippen molar-refractivity contribution in [1.82, 2.24) is 10.2 Å². The van der Waals surface area contributed by atoms with Gasteiger partial charge in [-0.25, -0.2) is 4.79 Å². The fourth-order valence-electron chi connectivity index (χ4n) is 6.00. The summed E-state index contributed by atoms with van der Waals surface area (Å²) >= 11 is 0. The fourth-order valence-corrected chi connectivity index (χ4v) is 6.00. The molecule has 1 unspecified atom stereocenters. The van der Waals surface area contributed by atoms with Crippen molar-refractivity contribution in [3.05, 3.63) is 59.2 Å². The normalized spacial score (nSPS) is 27.8. The molecular formula is C29H38N2O2. The Hall–Kier alpha value is -2.33. The summed E-state index contributed by atoms with van der Waals surface area (Å²) in [5.74, 6) is 0.525. The lowest BCUT2D eigenvalue weighted by Crippen LogP contribution is -2.53. The van der Waals surface area contributed by atoms with Gasteiger partial charge in [0.1, 0.15) is 6.10 Å². The molecule has 0 spiro atoms. The molecule has 2 aromatic carbocycles. The molecule has 2 aromatic rings. The number of nitrogens with one attached hydrogen (secondary N) is 1. The molecule has 6 rings (SSSR count). The average molecular weight is 447 g/mol. The Labute approximate surface area is 198 Å². The van der Waals surface area contributed by atoms with Gasteiger partial charge in [-0.05, 0) is 76.9 Å². The smallest absolute Gasteiger partial charge is 0.407 e. The summed E-state index contributed by atoms with van der Waals surface area (Å²) < 4.78 is 5.94. The first kappa shape index (κ1) is 22.5. The molecule has 4 aliphatic rings. The molecule has 176 valence electrons. The maximum Gasteiger partial charge on any atom is 0.407 e. The van der Waals surface area contributed by atoms with Crippen molar-refractivity contribution < 1.29 is 9.53 Å². The molecule has 0 aromatic heterocycles. The van der Waals surface area contributed by atoms with Crippen LogP contribution in [0.5, 0.6) is 0 Å². The highest BCUT2D eigenvalue weighted by atomic mass is 16.6. The van der Waals surface area contributed by atoms with Gasteiger partial charge >= 0.3 is 6.09 Å². The molecule has 33 heavy (non-hydrogen) atoms. The standard InChI is InChI=1S/C29H38N2O2/c1-28(2,3)23-9-6-19(7-10-23)21-8-11-24-22(16-21)17-29(4,5)26(24)30-27(32)33-25-18-31-14-12-20(25)13-15-31/h6-11,16,20,25-26H,12-15,17-18H2,1-5H3,(H,30,32)/t25-,26?/m1/s1. The van der Waals surface area contributed by atoms with Crippen LogP contribution in [0.25, 0.3) is 11.1 Å². The number of ether oxygens (including phenoxy) is 1. The molecule has 3 saturated heterocycles. The average Bonchev–Trinajstić information content (AvgIpc) is 3.02. The van der Waals surface area contributed by atoms with E-state index in [1.54, 1.807) is 0 Å². The lowest BCUT2D eigenvalue weighted by molar-refractivity contribution is -0.0348. The van der Waals surface area contributed by atoms with Gasteiger partial charge in [-0.1, -0.05) is 77.1 Å². The Bertz CT molecular complexity index is 1030. The van der Waals surface area contributed by atoms with E-state index < -0.39 is 0 Å². The van der Waals surface area contributed by atoms with Crippen LogP contribution in [0.3, 0.4) is 0 Å². The fraction of sp³-hybridized carbons (Fsp3) is 0.552. The maximum absolute atomic E-state index is 12.9. The van der Waals surface area contributed by atoms with Crippen molar-refractivity contribution in [2.45, 2.75) is 71.4 Å². The molecule has 2 atom stereocenters. The molecule has 3 aliphatic heterocycles. The van der Waals surface area contributed by atoms with Crippen molar-refractivity contribution in [2.24, 2.45) is 11.3 Å². The predicted octanol–water partition coefficient (Wildman–Crippen LogP) is 6.09. The van der Waals surface area contributed by atoms with Gasteiger partial charge in [0.15, 0.2) is 0 Å². The van der Waals surface area contributed by atoms with Crippen LogP contribution in [0, 0.1) is 11.3 Å². The Morgan fingerprint density at radius 1 is 1.03 bits per heavy atom. The Kier molecular flexibility index (Phi) is 5.55. The van der Waals surface area contributed by atoms with Crippen molar-refractivity contribution in [1.29, 1.82) is 0 Å². The van der Waals surface area contributed by atoms with E-state index in [0.29, 0.717) is 5.92 Å². The molecule has 4 nitrogen and oxygen atoms in total. The van der Waals surface area contributed by atoms with Crippen LogP contribution in [-0.4, -0.2) is 36.7 Å². The number of amides is 1. The van der Waals surface area contributed by atoms with E-state index in [4.69, 9.17) is 4.74 Å². The van der Waals surface area contributed by atoms with Crippen LogP contribution in [-0.2, 0) is 16.6 Å². The van der Waals surface area contributed by atoms with E-state index in [9.17, 15) is 4.79 Å². The minimum atomic E-state index is -0.262. The Balaban J connectivity index is 1.31. The number of benzene rings is 2. The summed E-state index contributed by atoms with van der Waals surface area (Å²) in [6.45, 7) is 14.4. The van der Waals surface area contributed by atoms with E-state index in [-0.39, 0.29) is 29.1 Å². The lowest BCUT2D eigenvalue weighted by Gasteiger charge is -2.44. The Morgan fingerprint density at radius 3 is 2.30 bits per heavy atom. The first-order chi connectivity index (χ1) is 15.6. The highest BCUT2D eigenvalue weighted by molar-refractivity contribution is 5.70. The minimum Gasteiger partial charge on any atom is -0.445 e. The highest BCUT2D eigenvalue weighted by Crippen LogP contribution is 2.46. The summed E-state index contributed by atoms with van der Waals surface area (Å²) in [5, 5.41) is 3.24. The number of nitrogens with zero attached hydrogens (tertiary/aromatic N) is 1. The molecule has 1 aliphatic carbocycles. The number of hydrogen-bond donors (Lipinski definition) is 1. The zero-order chi connectivity index (χ0) is 23.4. The van der Waals surface area contributed by atoms with Gasteiger partial charge < -0.3 is 10.1 Å². The van der Waals surface area contributed by atoms with E-state index in [2.05, 4.69) is 87.3 Å². The summed E-state index contributed by atoms with van der Waals surface area (Å²) in [7, 11) is 0. The van der Waals surface area contributed by atoms with Gasteiger partial charge in [0.2, 0.25) is 0 Å². The van der Waals surface area contributed by atoms with Crippen molar-refractivity contribution in [2.75, 3.05) is 19.6 Å². The molecule has 0 saturated carbocycles. The zero-order valence-corrected chi connectivity index (χ0v) is 20.8. The van der Waals surface area contributed by atoms with Crippen molar-refractivity contribution in [3.63, 3.8) is 0 Å². The highest BCUT2D eigenvalue weighted by Gasteiger charge is 2.42. The summed E-state index contributed by atoms with van der Waals surface area (Å²) in [6, 6.07) is 15.6. The number of carbonyl (C=O) groups excluding carboxylic acids is 1. The monoisotopic (exact) mass is 446 g/mol. The molecule has 2 bridgehead atoms. The second kappa shape index (κ2) is 8.16. The molecular weight excluding hydrogens is 408 g/mol. The largest absolute Gasteiger partial charge is 0.445 e. The number of piperidine rings is 3. The van der Waals surface area contributed by atoms with Gasteiger partial charge in [0.25, 0.3) is 0 Å². The van der Waals surface area contributed by atoms with Gasteiger partial charge in [0, 0.05) is 6.54 Å².